The van der Waals surface area contributed by atoms with Gasteiger partial charge in [-0.3, -0.25) is 0 Å². The van der Waals surface area contributed by atoms with E-state index in [1.54, 1.807) is 0 Å². The Morgan fingerprint density at radius 3 is 2.78 bits per heavy atom. The molecule has 18 heavy (non-hydrogen) atoms. The third-order valence-corrected chi connectivity index (χ3v) is 4.00. The molecule has 1 aromatic rings. The molecule has 0 radical (unpaired) electrons. The van der Waals surface area contributed by atoms with Gasteiger partial charge in [0, 0.05) is 31.5 Å². The molecule has 0 spiro atoms. The molecular formula is C15H25N3. The van der Waals surface area contributed by atoms with Crippen molar-refractivity contribution in [2.24, 2.45) is 11.7 Å². The van der Waals surface area contributed by atoms with E-state index in [-0.39, 0.29) is 0 Å². The van der Waals surface area contributed by atoms with Crippen LogP contribution in [0.5, 0.6) is 0 Å². The van der Waals surface area contributed by atoms with Crippen molar-refractivity contribution in [2.45, 2.75) is 32.2 Å². The third-order valence-electron chi connectivity index (χ3n) is 4.00. The largest absolute Gasteiger partial charge is 0.382 e. The van der Waals surface area contributed by atoms with Crippen LogP contribution in [0.15, 0.2) is 18.2 Å². The number of hydrogen-bond acceptors (Lipinski definition) is 3. The van der Waals surface area contributed by atoms with Crippen LogP contribution in [0.2, 0.25) is 0 Å². The lowest BCUT2D eigenvalue weighted by Gasteiger charge is -2.23. The second-order valence-electron chi connectivity index (χ2n) is 5.57. The highest BCUT2D eigenvalue weighted by Gasteiger charge is 2.25. The van der Waals surface area contributed by atoms with Gasteiger partial charge in [-0.2, -0.15) is 0 Å². The monoisotopic (exact) mass is 247 g/mol. The number of anilines is 2. The number of rotatable bonds is 4. The van der Waals surface area contributed by atoms with Crippen molar-refractivity contribution < 1.29 is 0 Å². The Hall–Kier alpha value is -1.22. The number of aryl methyl sites for hydroxylation is 1. The lowest BCUT2D eigenvalue weighted by atomic mass is 10.0. The highest BCUT2D eigenvalue weighted by molar-refractivity contribution is 5.62. The van der Waals surface area contributed by atoms with Crippen LogP contribution >= 0.6 is 0 Å². The van der Waals surface area contributed by atoms with E-state index in [1.807, 2.05) is 0 Å². The molecule has 1 saturated carbocycles. The van der Waals surface area contributed by atoms with Crippen molar-refractivity contribution in [1.29, 1.82) is 0 Å². The molecule has 3 N–H and O–H groups in total. The molecule has 0 bridgehead atoms. The maximum absolute atomic E-state index is 5.83. The second-order valence-corrected chi connectivity index (χ2v) is 5.57. The summed E-state index contributed by atoms with van der Waals surface area (Å²) >= 11 is 0. The van der Waals surface area contributed by atoms with Crippen molar-refractivity contribution in [2.75, 3.05) is 30.9 Å². The average molecular weight is 247 g/mol. The Kier molecular flexibility index (Phi) is 4.12. The second kappa shape index (κ2) is 5.61. The van der Waals surface area contributed by atoms with Crippen molar-refractivity contribution in [3.63, 3.8) is 0 Å². The highest BCUT2D eigenvalue weighted by atomic mass is 15.1. The summed E-state index contributed by atoms with van der Waals surface area (Å²) in [5, 5.41) is 3.66. The third kappa shape index (κ3) is 2.78. The summed E-state index contributed by atoms with van der Waals surface area (Å²) in [7, 11) is 4.18. The van der Waals surface area contributed by atoms with Gasteiger partial charge in [-0.1, -0.05) is 12.5 Å². The number of nitrogens with zero attached hydrogens (tertiary/aromatic N) is 1. The topological polar surface area (TPSA) is 41.3 Å². The molecule has 3 nitrogen and oxygen atoms in total. The van der Waals surface area contributed by atoms with Crippen LogP contribution < -0.4 is 16.0 Å². The highest BCUT2D eigenvalue weighted by Crippen LogP contribution is 2.29. The van der Waals surface area contributed by atoms with Crippen molar-refractivity contribution in [3.8, 4) is 0 Å². The van der Waals surface area contributed by atoms with Gasteiger partial charge in [-0.05, 0) is 49.9 Å². The Morgan fingerprint density at radius 2 is 2.11 bits per heavy atom. The molecule has 2 unspecified atom stereocenters. The van der Waals surface area contributed by atoms with Crippen molar-refractivity contribution in [3.05, 3.63) is 23.8 Å². The first-order valence-corrected chi connectivity index (χ1v) is 6.86. The van der Waals surface area contributed by atoms with Gasteiger partial charge < -0.3 is 16.0 Å². The maximum Gasteiger partial charge on any atom is 0.0411 e. The molecule has 1 aromatic carbocycles. The zero-order valence-corrected chi connectivity index (χ0v) is 11.7. The summed E-state index contributed by atoms with van der Waals surface area (Å²) in [5.74, 6) is 0.633. The van der Waals surface area contributed by atoms with E-state index in [9.17, 15) is 0 Å². The summed E-state index contributed by atoms with van der Waals surface area (Å²) < 4.78 is 0. The minimum absolute atomic E-state index is 0.549. The van der Waals surface area contributed by atoms with E-state index >= 15 is 0 Å². The minimum atomic E-state index is 0.549. The van der Waals surface area contributed by atoms with Gasteiger partial charge in [-0.25, -0.2) is 0 Å². The average Bonchev–Trinajstić information content (AvgIpc) is 2.78. The standard InChI is InChI=1S/C15H25N3/c1-11-7-8-13(9-15(11)18(2)3)17-14-6-4-5-12(14)10-16/h7-9,12,14,17H,4-6,10,16H2,1-3H3. The molecule has 0 aliphatic heterocycles. The predicted octanol–water partition coefficient (Wildman–Crippen LogP) is 2.60. The van der Waals surface area contributed by atoms with Crippen molar-refractivity contribution >= 4 is 11.4 Å². The number of benzene rings is 1. The molecule has 0 aromatic heterocycles. The molecule has 1 fully saturated rings. The molecule has 2 rings (SSSR count). The zero-order valence-electron chi connectivity index (χ0n) is 11.7. The smallest absolute Gasteiger partial charge is 0.0411 e. The van der Waals surface area contributed by atoms with E-state index in [2.05, 4.69) is 49.4 Å². The Morgan fingerprint density at radius 1 is 1.33 bits per heavy atom. The van der Waals surface area contributed by atoms with E-state index in [4.69, 9.17) is 5.73 Å². The maximum atomic E-state index is 5.83. The Bertz CT molecular complexity index is 401. The molecule has 1 aliphatic rings. The quantitative estimate of drug-likeness (QED) is 0.859. The first-order valence-electron chi connectivity index (χ1n) is 6.86. The molecule has 1 aliphatic carbocycles. The molecule has 3 heteroatoms. The van der Waals surface area contributed by atoms with Gasteiger partial charge in [0.2, 0.25) is 0 Å². The summed E-state index contributed by atoms with van der Waals surface area (Å²) in [6.07, 6.45) is 3.81. The fourth-order valence-corrected chi connectivity index (χ4v) is 2.90. The first-order chi connectivity index (χ1) is 8.61. The summed E-state index contributed by atoms with van der Waals surface area (Å²) in [6.45, 7) is 2.95. The van der Waals surface area contributed by atoms with Crippen LogP contribution in [0.3, 0.4) is 0 Å². The molecule has 0 saturated heterocycles. The van der Waals surface area contributed by atoms with Gasteiger partial charge >= 0.3 is 0 Å². The zero-order chi connectivity index (χ0) is 13.1. The van der Waals surface area contributed by atoms with Crippen LogP contribution in [0.1, 0.15) is 24.8 Å². The minimum Gasteiger partial charge on any atom is -0.382 e. The normalized spacial score (nSPS) is 23.1. The summed E-state index contributed by atoms with van der Waals surface area (Å²) in [5.41, 5.74) is 9.64. The molecular weight excluding hydrogens is 222 g/mol. The van der Waals surface area contributed by atoms with E-state index in [0.29, 0.717) is 12.0 Å². The fraction of sp³-hybridized carbons (Fsp3) is 0.600. The van der Waals surface area contributed by atoms with Crippen molar-refractivity contribution in [1.82, 2.24) is 0 Å². The summed E-state index contributed by atoms with van der Waals surface area (Å²) in [6, 6.07) is 7.15. The van der Waals surface area contributed by atoms with Crippen LogP contribution in [-0.4, -0.2) is 26.7 Å². The van der Waals surface area contributed by atoms with Gasteiger partial charge in [0.1, 0.15) is 0 Å². The van der Waals surface area contributed by atoms with E-state index < -0.39 is 0 Å². The molecule has 0 amide bonds. The first kappa shape index (κ1) is 13.2. The van der Waals surface area contributed by atoms with Crippen LogP contribution in [0.4, 0.5) is 11.4 Å². The van der Waals surface area contributed by atoms with E-state index in [0.717, 1.165) is 6.54 Å². The predicted molar refractivity (Wildman–Crippen MR) is 79.3 cm³/mol. The van der Waals surface area contributed by atoms with Gasteiger partial charge in [0.05, 0.1) is 0 Å². The Balaban J connectivity index is 2.12. The van der Waals surface area contributed by atoms with Crippen LogP contribution in [-0.2, 0) is 0 Å². The number of hydrogen-bond donors (Lipinski definition) is 2. The van der Waals surface area contributed by atoms with Crippen LogP contribution in [0, 0.1) is 12.8 Å². The number of nitrogens with two attached hydrogens (primary N) is 1. The molecule has 2 atom stereocenters. The SMILES string of the molecule is Cc1ccc(NC2CCCC2CN)cc1N(C)C. The van der Waals surface area contributed by atoms with E-state index in [1.165, 1.54) is 36.2 Å². The van der Waals surface area contributed by atoms with Gasteiger partial charge in [0.15, 0.2) is 0 Å². The lowest BCUT2D eigenvalue weighted by Crippen LogP contribution is -2.29. The van der Waals surface area contributed by atoms with Gasteiger partial charge in [-0.15, -0.1) is 0 Å². The Labute approximate surface area is 110 Å². The fourth-order valence-electron chi connectivity index (χ4n) is 2.90. The summed E-state index contributed by atoms with van der Waals surface area (Å²) in [4.78, 5) is 2.16. The molecule has 100 valence electrons. The lowest BCUT2D eigenvalue weighted by molar-refractivity contribution is 0.516. The van der Waals surface area contributed by atoms with Gasteiger partial charge in [0.25, 0.3) is 0 Å². The number of nitrogens with one attached hydrogen (secondary N) is 1. The molecule has 0 heterocycles. The van der Waals surface area contributed by atoms with Crippen LogP contribution in [0.25, 0.3) is 0 Å².